The molecule has 3 aromatic carbocycles. The Bertz CT molecular complexity index is 1560. The zero-order valence-corrected chi connectivity index (χ0v) is 19.3. The van der Waals surface area contributed by atoms with Crippen LogP contribution in [0.1, 0.15) is 40.0 Å². The highest BCUT2D eigenvalue weighted by molar-refractivity contribution is 5.94. The largest absolute Gasteiger partial charge is 0.478 e. The van der Waals surface area contributed by atoms with Crippen LogP contribution in [0.3, 0.4) is 0 Å². The van der Waals surface area contributed by atoms with Gasteiger partial charge in [0.05, 0.1) is 23.0 Å². The monoisotopic (exact) mass is 465 g/mol. The number of fused-ring (bicyclic) bond motifs is 2. The van der Waals surface area contributed by atoms with Gasteiger partial charge < -0.3 is 15.3 Å². The molecule has 0 saturated heterocycles. The van der Waals surface area contributed by atoms with E-state index < -0.39 is 12.0 Å². The number of nitrogens with one attached hydrogen (secondary N) is 1. The highest BCUT2D eigenvalue weighted by atomic mass is 16.4. The summed E-state index contributed by atoms with van der Waals surface area (Å²) in [5, 5.41) is 13.2. The fourth-order valence-corrected chi connectivity index (χ4v) is 4.63. The van der Waals surface area contributed by atoms with Crippen LogP contribution in [0.4, 0.5) is 17.3 Å². The van der Waals surface area contributed by atoms with Crippen LogP contribution in [0.25, 0.3) is 15.7 Å². The highest BCUT2D eigenvalue weighted by Gasteiger charge is 2.24. The number of hydrogen-bond acceptors (Lipinski definition) is 5. The van der Waals surface area contributed by atoms with Crippen LogP contribution < -0.4 is 15.8 Å². The quantitative estimate of drug-likeness (QED) is 0.409. The van der Waals surface area contributed by atoms with Crippen LogP contribution >= 0.6 is 0 Å². The summed E-state index contributed by atoms with van der Waals surface area (Å²) in [6.45, 7) is 10.7. The van der Waals surface area contributed by atoms with Gasteiger partial charge in [-0.1, -0.05) is 36.4 Å². The van der Waals surface area contributed by atoms with Crippen LogP contribution in [0, 0.1) is 6.57 Å². The van der Waals surface area contributed by atoms with Crippen molar-refractivity contribution < 1.29 is 9.90 Å². The van der Waals surface area contributed by atoms with Crippen molar-refractivity contribution in [1.29, 1.82) is 0 Å². The topological polar surface area (TPSA) is 91.8 Å². The summed E-state index contributed by atoms with van der Waals surface area (Å²) in [6.07, 6.45) is 0. The van der Waals surface area contributed by atoms with Gasteiger partial charge in [0.25, 0.3) is 5.56 Å². The molecule has 0 spiro atoms. The zero-order valence-electron chi connectivity index (χ0n) is 19.3. The Balaban J connectivity index is 1.63. The molecule has 0 bridgehead atoms. The van der Waals surface area contributed by atoms with E-state index in [2.05, 4.69) is 27.2 Å². The van der Waals surface area contributed by atoms with Gasteiger partial charge in [0.2, 0.25) is 5.95 Å². The third-order valence-corrected chi connectivity index (χ3v) is 6.42. The number of carboxylic acid groups (broad SMARTS) is 1. The van der Waals surface area contributed by atoms with E-state index in [1.807, 2.05) is 19.1 Å². The van der Waals surface area contributed by atoms with Gasteiger partial charge >= 0.3 is 5.97 Å². The van der Waals surface area contributed by atoms with Gasteiger partial charge in [0.15, 0.2) is 5.69 Å². The molecule has 35 heavy (non-hydrogen) atoms. The lowest BCUT2D eigenvalue weighted by atomic mass is 10.0. The molecule has 0 fully saturated rings. The summed E-state index contributed by atoms with van der Waals surface area (Å²) in [4.78, 5) is 35.6. The van der Waals surface area contributed by atoms with Crippen molar-refractivity contribution in [2.24, 2.45) is 7.05 Å². The summed E-state index contributed by atoms with van der Waals surface area (Å²) >= 11 is 0. The fourth-order valence-electron chi connectivity index (χ4n) is 4.63. The number of aromatic carboxylic acids is 1. The van der Waals surface area contributed by atoms with E-state index in [4.69, 9.17) is 11.6 Å². The van der Waals surface area contributed by atoms with Crippen molar-refractivity contribution in [3.8, 4) is 0 Å². The SMILES string of the molecule is [C-]#[N+]c1cc(C(C)Nc2ccccc2C(=O)O)c2nc(N3Cc4ccccc4C3)n(C)c(=O)c2c1. The Hall–Kier alpha value is -4.64. The van der Waals surface area contributed by atoms with Gasteiger partial charge in [0.1, 0.15) is 0 Å². The first-order valence-electron chi connectivity index (χ1n) is 11.2. The maximum atomic E-state index is 13.4. The molecule has 2 N–H and O–H groups in total. The van der Waals surface area contributed by atoms with Gasteiger partial charge in [-0.25, -0.2) is 14.6 Å². The third kappa shape index (κ3) is 3.87. The van der Waals surface area contributed by atoms with Crippen molar-refractivity contribution in [3.05, 3.63) is 105 Å². The molecule has 0 aliphatic carbocycles. The Kier molecular flexibility index (Phi) is 5.46. The van der Waals surface area contributed by atoms with E-state index in [1.165, 1.54) is 21.8 Å². The lowest BCUT2D eigenvalue weighted by molar-refractivity contribution is 0.0698. The molecule has 0 radical (unpaired) electrons. The van der Waals surface area contributed by atoms with Crippen molar-refractivity contribution >= 4 is 34.2 Å². The number of carboxylic acids is 1. The molecule has 8 nitrogen and oxygen atoms in total. The number of anilines is 2. The highest BCUT2D eigenvalue weighted by Crippen LogP contribution is 2.33. The molecule has 4 aromatic rings. The fraction of sp³-hybridized carbons (Fsp3) is 0.185. The standard InChI is InChI=1S/C27H23N5O3/c1-16(29-23-11-7-6-10-20(23)26(34)35)21-12-19(28-2)13-22-24(21)30-27(31(3)25(22)33)32-14-17-8-4-5-9-18(17)15-32/h4-13,16,29H,14-15H2,1,3H3,(H,34,35). The Morgan fingerprint density at radius 1 is 1.11 bits per heavy atom. The minimum Gasteiger partial charge on any atom is -0.478 e. The number of nitrogens with zero attached hydrogens (tertiary/aromatic N) is 4. The van der Waals surface area contributed by atoms with Gasteiger partial charge in [-0.2, -0.15) is 0 Å². The van der Waals surface area contributed by atoms with E-state index in [-0.39, 0.29) is 11.1 Å². The minimum absolute atomic E-state index is 0.143. The molecule has 1 aliphatic rings. The van der Waals surface area contributed by atoms with Crippen LogP contribution in [0.2, 0.25) is 0 Å². The number of rotatable bonds is 5. The number of hydrogen-bond donors (Lipinski definition) is 2. The van der Waals surface area contributed by atoms with E-state index in [0.29, 0.717) is 46.9 Å². The molecule has 8 heteroatoms. The molecule has 1 aliphatic heterocycles. The summed E-state index contributed by atoms with van der Waals surface area (Å²) < 4.78 is 1.53. The molecule has 1 atom stereocenters. The molecule has 1 aromatic heterocycles. The first-order chi connectivity index (χ1) is 16.9. The lowest BCUT2D eigenvalue weighted by Gasteiger charge is -2.23. The third-order valence-electron chi connectivity index (χ3n) is 6.42. The summed E-state index contributed by atoms with van der Waals surface area (Å²) in [7, 11) is 1.70. The first-order valence-corrected chi connectivity index (χ1v) is 11.2. The van der Waals surface area contributed by atoms with E-state index >= 15 is 0 Å². The van der Waals surface area contributed by atoms with Crippen molar-refractivity contribution in [2.45, 2.75) is 26.1 Å². The summed E-state index contributed by atoms with van der Waals surface area (Å²) in [6, 6.07) is 17.7. The van der Waals surface area contributed by atoms with Gasteiger partial charge in [-0.15, -0.1) is 0 Å². The van der Waals surface area contributed by atoms with Crippen LogP contribution in [-0.2, 0) is 20.1 Å². The minimum atomic E-state index is -1.04. The molecule has 0 saturated carbocycles. The molecule has 1 unspecified atom stereocenters. The first kappa shape index (κ1) is 22.2. The molecule has 0 amide bonds. The Morgan fingerprint density at radius 2 is 1.77 bits per heavy atom. The second kappa shape index (κ2) is 8.61. The number of para-hydroxylation sites is 1. The second-order valence-electron chi connectivity index (χ2n) is 8.66. The Morgan fingerprint density at radius 3 is 2.43 bits per heavy atom. The molecule has 2 heterocycles. The second-order valence-corrected chi connectivity index (χ2v) is 8.66. The maximum absolute atomic E-state index is 13.4. The molecule has 5 rings (SSSR count). The number of benzene rings is 3. The summed E-state index contributed by atoms with van der Waals surface area (Å²) in [5.41, 5.74) is 4.25. The van der Waals surface area contributed by atoms with Crippen LogP contribution in [0.5, 0.6) is 0 Å². The maximum Gasteiger partial charge on any atom is 0.337 e. The smallest absolute Gasteiger partial charge is 0.337 e. The predicted molar refractivity (Wildman–Crippen MR) is 135 cm³/mol. The average molecular weight is 466 g/mol. The summed E-state index contributed by atoms with van der Waals surface area (Å²) in [5.74, 6) is -0.489. The number of carbonyl (C=O) groups is 1. The van der Waals surface area contributed by atoms with Gasteiger partial charge in [0, 0.05) is 31.9 Å². The predicted octanol–water partition coefficient (Wildman–Crippen LogP) is 4.88. The van der Waals surface area contributed by atoms with Gasteiger partial charge in [-0.05, 0) is 47.9 Å². The Labute approximate surface area is 201 Å². The number of aromatic nitrogens is 2. The molecule has 174 valence electrons. The molecular formula is C27H23N5O3. The van der Waals surface area contributed by atoms with Crippen molar-refractivity contribution in [2.75, 3.05) is 10.2 Å². The van der Waals surface area contributed by atoms with Crippen LogP contribution in [0.15, 0.2) is 65.5 Å². The normalized spacial score (nSPS) is 13.3. The van der Waals surface area contributed by atoms with Crippen molar-refractivity contribution in [3.63, 3.8) is 0 Å². The van der Waals surface area contributed by atoms with Gasteiger partial charge in [-0.3, -0.25) is 9.36 Å². The van der Waals surface area contributed by atoms with E-state index in [9.17, 15) is 14.7 Å². The average Bonchev–Trinajstić information content (AvgIpc) is 3.29. The van der Waals surface area contributed by atoms with E-state index in [0.717, 1.165) is 0 Å². The molecular weight excluding hydrogens is 442 g/mol. The van der Waals surface area contributed by atoms with Crippen molar-refractivity contribution in [1.82, 2.24) is 9.55 Å². The van der Waals surface area contributed by atoms with E-state index in [1.54, 1.807) is 37.4 Å². The lowest BCUT2D eigenvalue weighted by Crippen LogP contribution is -2.28. The zero-order chi connectivity index (χ0) is 24.7. The van der Waals surface area contributed by atoms with Crippen LogP contribution in [-0.4, -0.2) is 20.6 Å².